The highest BCUT2D eigenvalue weighted by Crippen LogP contribution is 2.37. The van der Waals surface area contributed by atoms with Crippen LogP contribution in [0.15, 0.2) is 42.5 Å². The van der Waals surface area contributed by atoms with Gasteiger partial charge < -0.3 is 14.8 Å². The van der Waals surface area contributed by atoms with E-state index in [0.29, 0.717) is 34.6 Å². The number of nitrogens with one attached hydrogen (secondary N) is 1. The number of aromatic nitrogens is 4. The Hall–Kier alpha value is -3.68. The van der Waals surface area contributed by atoms with Crippen LogP contribution in [0.3, 0.4) is 0 Å². The third kappa shape index (κ3) is 3.89. The van der Waals surface area contributed by atoms with Crippen molar-refractivity contribution in [2.75, 3.05) is 19.5 Å². The number of nitrogens with zero attached hydrogens (tertiary/aromatic N) is 4. The Bertz CT molecular complexity index is 1100. The zero-order valence-electron chi connectivity index (χ0n) is 17.1. The number of ether oxygens (including phenoxy) is 2. The first-order valence-corrected chi connectivity index (χ1v) is 9.73. The summed E-state index contributed by atoms with van der Waals surface area (Å²) in [5.74, 6) is 1.53. The SMILES string of the molecule is CC=Cc1cc(C(=O)Nc2cccc(-c3nnnn3C3CC3)c2)cc(OC)c1OC. The molecule has 1 aliphatic carbocycles. The van der Waals surface area contributed by atoms with Gasteiger partial charge in [-0.2, -0.15) is 0 Å². The number of hydrogen-bond donors (Lipinski definition) is 1. The summed E-state index contributed by atoms with van der Waals surface area (Å²) >= 11 is 0. The lowest BCUT2D eigenvalue weighted by molar-refractivity contribution is 0.102. The number of hydrogen-bond acceptors (Lipinski definition) is 6. The van der Waals surface area contributed by atoms with Crippen molar-refractivity contribution >= 4 is 17.7 Å². The first-order valence-electron chi connectivity index (χ1n) is 9.73. The lowest BCUT2D eigenvalue weighted by Gasteiger charge is -2.13. The van der Waals surface area contributed by atoms with Gasteiger partial charge in [0.2, 0.25) is 0 Å². The van der Waals surface area contributed by atoms with Gasteiger partial charge in [0.05, 0.1) is 20.3 Å². The largest absolute Gasteiger partial charge is 0.493 e. The highest BCUT2D eigenvalue weighted by atomic mass is 16.5. The van der Waals surface area contributed by atoms with E-state index in [1.807, 2.05) is 48.0 Å². The monoisotopic (exact) mass is 405 g/mol. The van der Waals surface area contributed by atoms with Crippen molar-refractivity contribution in [3.05, 3.63) is 53.6 Å². The van der Waals surface area contributed by atoms with Crippen LogP contribution in [-0.2, 0) is 0 Å². The van der Waals surface area contributed by atoms with Gasteiger partial charge in [-0.15, -0.1) is 5.10 Å². The molecule has 30 heavy (non-hydrogen) atoms. The maximum absolute atomic E-state index is 12.9. The van der Waals surface area contributed by atoms with E-state index in [9.17, 15) is 4.79 Å². The first kappa shape index (κ1) is 19.6. The van der Waals surface area contributed by atoms with Crippen molar-refractivity contribution in [1.29, 1.82) is 0 Å². The van der Waals surface area contributed by atoms with Gasteiger partial charge in [-0.25, -0.2) is 4.68 Å². The number of amides is 1. The zero-order valence-corrected chi connectivity index (χ0v) is 17.1. The molecule has 0 atom stereocenters. The van der Waals surface area contributed by atoms with Crippen molar-refractivity contribution in [2.24, 2.45) is 0 Å². The van der Waals surface area contributed by atoms with Crippen LogP contribution >= 0.6 is 0 Å². The number of carbonyl (C=O) groups is 1. The van der Waals surface area contributed by atoms with Crippen LogP contribution in [-0.4, -0.2) is 40.3 Å². The van der Waals surface area contributed by atoms with Crippen LogP contribution in [0.2, 0.25) is 0 Å². The van der Waals surface area contributed by atoms with Crippen LogP contribution in [0, 0.1) is 0 Å². The van der Waals surface area contributed by atoms with Crippen LogP contribution in [0.25, 0.3) is 17.5 Å². The van der Waals surface area contributed by atoms with E-state index in [0.717, 1.165) is 24.0 Å². The highest BCUT2D eigenvalue weighted by molar-refractivity contribution is 6.05. The third-order valence-corrected chi connectivity index (χ3v) is 4.88. The summed E-state index contributed by atoms with van der Waals surface area (Å²) in [5, 5.41) is 15.0. The number of carbonyl (C=O) groups excluding carboxylic acids is 1. The number of rotatable bonds is 7. The van der Waals surface area contributed by atoms with E-state index in [1.54, 1.807) is 26.4 Å². The first-order chi connectivity index (χ1) is 14.6. The molecule has 4 rings (SSSR count). The van der Waals surface area contributed by atoms with Crippen molar-refractivity contribution in [2.45, 2.75) is 25.8 Å². The summed E-state index contributed by atoms with van der Waals surface area (Å²) in [6.45, 7) is 1.90. The maximum Gasteiger partial charge on any atom is 0.255 e. The number of methoxy groups -OCH3 is 2. The second-order valence-electron chi connectivity index (χ2n) is 7.01. The molecule has 0 unspecified atom stereocenters. The minimum atomic E-state index is -0.249. The summed E-state index contributed by atoms with van der Waals surface area (Å²) < 4.78 is 12.7. The highest BCUT2D eigenvalue weighted by Gasteiger charge is 2.28. The van der Waals surface area contributed by atoms with E-state index in [2.05, 4.69) is 20.8 Å². The van der Waals surface area contributed by atoms with E-state index < -0.39 is 0 Å². The number of benzene rings is 2. The van der Waals surface area contributed by atoms with Crippen molar-refractivity contribution in [3.8, 4) is 22.9 Å². The third-order valence-electron chi connectivity index (χ3n) is 4.88. The Morgan fingerprint density at radius 2 is 2.03 bits per heavy atom. The summed E-state index contributed by atoms with van der Waals surface area (Å²) in [7, 11) is 3.12. The molecule has 0 saturated heterocycles. The minimum Gasteiger partial charge on any atom is -0.493 e. The Labute approximate surface area is 174 Å². The Kier molecular flexibility index (Phi) is 5.47. The van der Waals surface area contributed by atoms with E-state index in [4.69, 9.17) is 9.47 Å². The molecule has 0 aliphatic heterocycles. The summed E-state index contributed by atoms with van der Waals surface area (Å²) in [5.41, 5.74) is 2.74. The van der Waals surface area contributed by atoms with Crippen LogP contribution in [0.1, 0.15) is 41.7 Å². The smallest absolute Gasteiger partial charge is 0.255 e. The molecule has 0 bridgehead atoms. The quantitative estimate of drug-likeness (QED) is 0.639. The molecule has 8 heteroatoms. The standard InChI is InChI=1S/C22H23N5O3/c1-4-6-14-11-16(13-19(29-2)20(14)30-3)22(28)23-17-8-5-7-15(12-17)21-24-25-26-27(21)18-9-10-18/h4-8,11-13,18H,9-10H2,1-3H3,(H,23,28). The maximum atomic E-state index is 12.9. The van der Waals surface area contributed by atoms with E-state index in [-0.39, 0.29) is 5.91 Å². The molecule has 1 heterocycles. The van der Waals surface area contributed by atoms with Gasteiger partial charge in [-0.05, 0) is 54.5 Å². The predicted molar refractivity (Wildman–Crippen MR) is 114 cm³/mol. The fourth-order valence-electron chi connectivity index (χ4n) is 3.32. The van der Waals surface area contributed by atoms with Gasteiger partial charge in [-0.3, -0.25) is 4.79 Å². The number of anilines is 1. The molecule has 1 N–H and O–H groups in total. The molecule has 2 aromatic carbocycles. The van der Waals surface area contributed by atoms with E-state index in [1.165, 1.54) is 0 Å². The van der Waals surface area contributed by atoms with Crippen LogP contribution in [0.4, 0.5) is 5.69 Å². The topological polar surface area (TPSA) is 91.2 Å². The number of tetrazole rings is 1. The fourth-order valence-corrected chi connectivity index (χ4v) is 3.32. The Morgan fingerprint density at radius 1 is 1.20 bits per heavy atom. The molecular weight excluding hydrogens is 382 g/mol. The second-order valence-corrected chi connectivity index (χ2v) is 7.01. The molecule has 1 amide bonds. The Morgan fingerprint density at radius 3 is 2.73 bits per heavy atom. The molecule has 0 spiro atoms. The summed E-state index contributed by atoms with van der Waals surface area (Å²) in [6.07, 6.45) is 5.92. The van der Waals surface area contributed by atoms with Crippen molar-refractivity contribution in [3.63, 3.8) is 0 Å². The molecule has 3 aromatic rings. The predicted octanol–water partition coefficient (Wildman–Crippen LogP) is 3.98. The van der Waals surface area contributed by atoms with Crippen molar-refractivity contribution in [1.82, 2.24) is 20.2 Å². The van der Waals surface area contributed by atoms with Gasteiger partial charge in [-0.1, -0.05) is 24.3 Å². The number of allylic oxidation sites excluding steroid dienone is 1. The zero-order chi connectivity index (χ0) is 21.1. The van der Waals surface area contributed by atoms with Gasteiger partial charge >= 0.3 is 0 Å². The molecule has 154 valence electrons. The summed E-state index contributed by atoms with van der Waals surface area (Å²) in [4.78, 5) is 12.9. The van der Waals surface area contributed by atoms with Crippen molar-refractivity contribution < 1.29 is 14.3 Å². The van der Waals surface area contributed by atoms with E-state index >= 15 is 0 Å². The second kappa shape index (κ2) is 8.36. The van der Waals surface area contributed by atoms with Crippen LogP contribution in [0.5, 0.6) is 11.5 Å². The lowest BCUT2D eigenvalue weighted by Crippen LogP contribution is -2.13. The lowest BCUT2D eigenvalue weighted by atomic mass is 10.1. The van der Waals surface area contributed by atoms with Gasteiger partial charge in [0.15, 0.2) is 17.3 Å². The normalized spacial score (nSPS) is 13.4. The van der Waals surface area contributed by atoms with Gasteiger partial charge in [0, 0.05) is 22.4 Å². The molecule has 1 fully saturated rings. The Balaban J connectivity index is 1.61. The van der Waals surface area contributed by atoms with Gasteiger partial charge in [0.25, 0.3) is 5.91 Å². The molecular formula is C22H23N5O3. The van der Waals surface area contributed by atoms with Crippen LogP contribution < -0.4 is 14.8 Å². The van der Waals surface area contributed by atoms with Gasteiger partial charge in [0.1, 0.15) is 0 Å². The molecule has 1 aliphatic rings. The minimum absolute atomic E-state index is 0.249. The average Bonchev–Trinajstić information content (AvgIpc) is 3.49. The molecule has 8 nitrogen and oxygen atoms in total. The molecule has 0 radical (unpaired) electrons. The fraction of sp³-hybridized carbons (Fsp3) is 0.273. The molecule has 1 aromatic heterocycles. The molecule has 1 saturated carbocycles. The average molecular weight is 405 g/mol. The summed E-state index contributed by atoms with van der Waals surface area (Å²) in [6, 6.07) is 11.3.